The lowest BCUT2D eigenvalue weighted by atomic mass is 10.2. The minimum Gasteiger partial charge on any atom is -0.348 e. The van der Waals surface area contributed by atoms with Gasteiger partial charge in [0.15, 0.2) is 0 Å². The predicted octanol–water partition coefficient (Wildman–Crippen LogP) is 3.92. The van der Waals surface area contributed by atoms with Crippen LogP contribution in [0.3, 0.4) is 0 Å². The first-order valence-electron chi connectivity index (χ1n) is 5.44. The van der Waals surface area contributed by atoms with Crippen LogP contribution in [0.2, 0.25) is 10.0 Å². The molecule has 0 spiro atoms. The fraction of sp³-hybridized carbons (Fsp3) is 0.0714. The molecule has 0 fully saturated rings. The fourth-order valence-electron chi connectivity index (χ4n) is 1.55. The van der Waals surface area contributed by atoms with Gasteiger partial charge in [-0.25, -0.2) is 0 Å². The van der Waals surface area contributed by atoms with Gasteiger partial charge < -0.3 is 5.32 Å². The Balaban J connectivity index is 2.03. The smallest absolute Gasteiger partial charge is 0.251 e. The second kappa shape index (κ2) is 5.89. The first-order valence-corrected chi connectivity index (χ1v) is 6.19. The summed E-state index contributed by atoms with van der Waals surface area (Å²) < 4.78 is 0. The fourth-order valence-corrected chi connectivity index (χ4v) is 1.94. The zero-order chi connectivity index (χ0) is 13.0. The van der Waals surface area contributed by atoms with Crippen molar-refractivity contribution in [2.45, 2.75) is 6.54 Å². The molecule has 0 aliphatic rings. The molecule has 1 N–H and O–H groups in total. The molecule has 2 rings (SSSR count). The Morgan fingerprint density at radius 2 is 1.83 bits per heavy atom. The van der Waals surface area contributed by atoms with E-state index >= 15 is 0 Å². The molecule has 2 nitrogen and oxygen atoms in total. The molecule has 0 saturated carbocycles. The van der Waals surface area contributed by atoms with Crippen molar-refractivity contribution in [3.8, 4) is 0 Å². The molecule has 0 radical (unpaired) electrons. The lowest BCUT2D eigenvalue weighted by Gasteiger charge is -2.07. The summed E-state index contributed by atoms with van der Waals surface area (Å²) in [6, 6.07) is 14.2. The van der Waals surface area contributed by atoms with E-state index in [2.05, 4.69) is 5.32 Å². The standard InChI is InChI=1S/C14H11Cl2NO/c15-12-6-3-5-10(8-12)14(18)17-9-11-4-1-2-7-13(11)16/h1-8H,9H2,(H,17,18). The van der Waals surface area contributed by atoms with Gasteiger partial charge in [-0.3, -0.25) is 4.79 Å². The summed E-state index contributed by atoms with van der Waals surface area (Å²) in [5.74, 6) is -0.169. The maximum Gasteiger partial charge on any atom is 0.251 e. The maximum atomic E-state index is 11.9. The average Bonchev–Trinajstić information content (AvgIpc) is 2.37. The van der Waals surface area contributed by atoms with Crippen LogP contribution in [0.5, 0.6) is 0 Å². The van der Waals surface area contributed by atoms with Crippen molar-refractivity contribution in [2.75, 3.05) is 0 Å². The van der Waals surface area contributed by atoms with Crippen molar-refractivity contribution < 1.29 is 4.79 Å². The number of carbonyl (C=O) groups is 1. The molecule has 0 aromatic heterocycles. The highest BCUT2D eigenvalue weighted by atomic mass is 35.5. The van der Waals surface area contributed by atoms with Gasteiger partial charge in [0.1, 0.15) is 0 Å². The molecular weight excluding hydrogens is 269 g/mol. The number of rotatable bonds is 3. The van der Waals surface area contributed by atoms with Crippen molar-refractivity contribution in [1.29, 1.82) is 0 Å². The van der Waals surface area contributed by atoms with Crippen LogP contribution in [0.1, 0.15) is 15.9 Å². The molecule has 1 amide bonds. The Morgan fingerprint density at radius 3 is 2.56 bits per heavy atom. The Kier molecular flexibility index (Phi) is 4.24. The van der Waals surface area contributed by atoms with Gasteiger partial charge >= 0.3 is 0 Å². The molecule has 92 valence electrons. The van der Waals surface area contributed by atoms with Gasteiger partial charge in [0.2, 0.25) is 0 Å². The molecule has 0 aliphatic carbocycles. The highest BCUT2D eigenvalue weighted by molar-refractivity contribution is 6.31. The lowest BCUT2D eigenvalue weighted by molar-refractivity contribution is 0.0951. The molecule has 0 unspecified atom stereocenters. The molecule has 2 aromatic carbocycles. The van der Waals surface area contributed by atoms with Gasteiger partial charge in [-0.1, -0.05) is 47.5 Å². The maximum absolute atomic E-state index is 11.9. The third kappa shape index (κ3) is 3.25. The summed E-state index contributed by atoms with van der Waals surface area (Å²) in [6.45, 7) is 0.394. The Bertz CT molecular complexity index is 569. The van der Waals surface area contributed by atoms with Crippen LogP contribution in [-0.2, 0) is 6.54 Å². The summed E-state index contributed by atoms with van der Waals surface area (Å²) in [4.78, 5) is 11.9. The number of carbonyl (C=O) groups excluding carboxylic acids is 1. The van der Waals surface area contributed by atoms with Crippen molar-refractivity contribution in [2.24, 2.45) is 0 Å². The van der Waals surface area contributed by atoms with E-state index in [-0.39, 0.29) is 5.91 Å². The monoisotopic (exact) mass is 279 g/mol. The first kappa shape index (κ1) is 12.9. The molecule has 0 saturated heterocycles. The highest BCUT2D eigenvalue weighted by Gasteiger charge is 2.06. The zero-order valence-electron chi connectivity index (χ0n) is 9.49. The van der Waals surface area contributed by atoms with Gasteiger partial charge in [0, 0.05) is 22.2 Å². The summed E-state index contributed by atoms with van der Waals surface area (Å²) >= 11 is 11.8. The largest absolute Gasteiger partial charge is 0.348 e. The van der Waals surface area contributed by atoms with Crippen molar-refractivity contribution >= 4 is 29.1 Å². The van der Waals surface area contributed by atoms with Gasteiger partial charge in [-0.2, -0.15) is 0 Å². The van der Waals surface area contributed by atoms with Crippen LogP contribution in [-0.4, -0.2) is 5.91 Å². The van der Waals surface area contributed by atoms with Crippen LogP contribution >= 0.6 is 23.2 Å². The number of amides is 1. The second-order valence-electron chi connectivity index (χ2n) is 3.78. The number of benzene rings is 2. The molecule has 0 atom stereocenters. The SMILES string of the molecule is O=C(NCc1ccccc1Cl)c1cccc(Cl)c1. The van der Waals surface area contributed by atoms with Crippen LogP contribution < -0.4 is 5.32 Å². The third-order valence-corrected chi connectivity index (χ3v) is 3.09. The predicted molar refractivity (Wildman–Crippen MR) is 74.1 cm³/mol. The van der Waals surface area contributed by atoms with E-state index in [0.717, 1.165) is 5.56 Å². The van der Waals surface area contributed by atoms with Gasteiger partial charge in [-0.15, -0.1) is 0 Å². The van der Waals surface area contributed by atoms with E-state index < -0.39 is 0 Å². The molecule has 0 aliphatic heterocycles. The minimum absolute atomic E-state index is 0.169. The molecule has 2 aromatic rings. The summed E-state index contributed by atoms with van der Waals surface area (Å²) in [7, 11) is 0. The Morgan fingerprint density at radius 1 is 1.06 bits per heavy atom. The quantitative estimate of drug-likeness (QED) is 0.907. The van der Waals surface area contributed by atoms with E-state index in [1.807, 2.05) is 18.2 Å². The summed E-state index contributed by atoms with van der Waals surface area (Å²) in [6.07, 6.45) is 0. The molecule has 0 heterocycles. The third-order valence-electron chi connectivity index (χ3n) is 2.48. The van der Waals surface area contributed by atoms with E-state index in [1.54, 1.807) is 30.3 Å². The normalized spacial score (nSPS) is 10.1. The molecule has 0 bridgehead atoms. The van der Waals surface area contributed by atoms with E-state index in [4.69, 9.17) is 23.2 Å². The molecule has 4 heteroatoms. The molecule has 18 heavy (non-hydrogen) atoms. The van der Waals surface area contributed by atoms with Crippen molar-refractivity contribution in [3.05, 3.63) is 69.7 Å². The Hall–Kier alpha value is -1.51. The van der Waals surface area contributed by atoms with Crippen LogP contribution in [0.4, 0.5) is 0 Å². The van der Waals surface area contributed by atoms with Crippen LogP contribution in [0.15, 0.2) is 48.5 Å². The number of nitrogens with one attached hydrogen (secondary N) is 1. The zero-order valence-corrected chi connectivity index (χ0v) is 11.0. The minimum atomic E-state index is -0.169. The second-order valence-corrected chi connectivity index (χ2v) is 4.63. The Labute approximate surface area is 116 Å². The van der Waals surface area contributed by atoms with Gasteiger partial charge in [0.25, 0.3) is 5.91 Å². The van der Waals surface area contributed by atoms with Crippen LogP contribution in [0, 0.1) is 0 Å². The van der Waals surface area contributed by atoms with Gasteiger partial charge in [-0.05, 0) is 29.8 Å². The van der Waals surface area contributed by atoms with Gasteiger partial charge in [0.05, 0.1) is 0 Å². The van der Waals surface area contributed by atoms with E-state index in [9.17, 15) is 4.79 Å². The molecular formula is C14H11Cl2NO. The average molecular weight is 280 g/mol. The highest BCUT2D eigenvalue weighted by Crippen LogP contribution is 2.15. The number of hydrogen-bond acceptors (Lipinski definition) is 1. The van der Waals surface area contributed by atoms with E-state index in [0.29, 0.717) is 22.2 Å². The van der Waals surface area contributed by atoms with Crippen molar-refractivity contribution in [1.82, 2.24) is 5.32 Å². The van der Waals surface area contributed by atoms with E-state index in [1.165, 1.54) is 0 Å². The topological polar surface area (TPSA) is 29.1 Å². The first-order chi connectivity index (χ1) is 8.66. The summed E-state index contributed by atoms with van der Waals surface area (Å²) in [5, 5.41) is 3.99. The summed E-state index contributed by atoms with van der Waals surface area (Å²) in [5.41, 5.74) is 1.42. The number of hydrogen-bond donors (Lipinski definition) is 1. The van der Waals surface area contributed by atoms with Crippen LogP contribution in [0.25, 0.3) is 0 Å². The van der Waals surface area contributed by atoms with Crippen molar-refractivity contribution in [3.63, 3.8) is 0 Å². The lowest BCUT2D eigenvalue weighted by Crippen LogP contribution is -2.22. The number of halogens is 2.